The molecule has 4 heteroatoms. The Kier molecular flexibility index (Phi) is 15.8. The highest BCUT2D eigenvalue weighted by atomic mass is 31.1. The second-order valence-corrected chi connectivity index (χ2v) is 27.3. The van der Waals surface area contributed by atoms with Crippen molar-refractivity contribution in [3.8, 4) is 0 Å². The van der Waals surface area contributed by atoms with Crippen molar-refractivity contribution in [2.75, 3.05) is 24.6 Å². The maximum Gasteiger partial charge on any atom is -0.0117 e. The molecule has 0 radical (unpaired) electrons. The molecule has 0 aliphatic heterocycles. The maximum absolute atomic E-state index is 2.45. The minimum Gasteiger partial charge on any atom is -0.0704 e. The molecule has 10 rings (SSSR count). The Labute approximate surface area is 406 Å². The lowest BCUT2D eigenvalue weighted by atomic mass is 9.83. The molecule has 0 nitrogen and oxygen atoms in total. The highest BCUT2D eigenvalue weighted by Gasteiger charge is 2.50. The van der Waals surface area contributed by atoms with Crippen molar-refractivity contribution in [2.24, 2.45) is 23.7 Å². The number of allylic oxidation sites excluding steroid dienone is 2. The third kappa shape index (κ3) is 11.1. The van der Waals surface area contributed by atoms with Crippen LogP contribution >= 0.6 is 31.7 Å². The molecule has 8 aromatic rings. The maximum atomic E-state index is 2.45. The van der Waals surface area contributed by atoms with Crippen molar-refractivity contribution < 1.29 is 0 Å². The van der Waals surface area contributed by atoms with Crippen LogP contribution in [0.3, 0.4) is 0 Å². The predicted molar refractivity (Wildman–Crippen MR) is 300 cm³/mol. The summed E-state index contributed by atoms with van der Waals surface area (Å²) in [4.78, 5) is 0. The number of hydrogen-bond acceptors (Lipinski definition) is 0. The van der Waals surface area contributed by atoms with Gasteiger partial charge in [0.05, 0.1) is 0 Å². The van der Waals surface area contributed by atoms with Crippen molar-refractivity contribution in [1.82, 2.24) is 0 Å². The first kappa shape index (κ1) is 46.0. The summed E-state index contributed by atoms with van der Waals surface area (Å²) in [6, 6.07) is 93.4. The van der Waals surface area contributed by atoms with Gasteiger partial charge in [-0.1, -0.05) is 260 Å². The van der Waals surface area contributed by atoms with E-state index >= 15 is 0 Å². The molecule has 0 aromatic heterocycles. The van der Waals surface area contributed by atoms with Gasteiger partial charge in [0.25, 0.3) is 0 Å². The lowest BCUT2D eigenvalue weighted by Gasteiger charge is -2.35. The van der Waals surface area contributed by atoms with Crippen molar-refractivity contribution >= 4 is 74.1 Å². The van der Waals surface area contributed by atoms with Gasteiger partial charge in [-0.3, -0.25) is 0 Å². The van der Waals surface area contributed by atoms with Gasteiger partial charge in [-0.05, 0) is 148 Å². The number of benzene rings is 8. The first-order chi connectivity index (χ1) is 33.3. The fourth-order valence-electron chi connectivity index (χ4n) is 11.2. The molecule has 0 heterocycles. The lowest BCUT2D eigenvalue weighted by molar-refractivity contribution is 0.366. The molecule has 0 saturated heterocycles. The zero-order valence-electron chi connectivity index (χ0n) is 38.6. The van der Waals surface area contributed by atoms with E-state index in [4.69, 9.17) is 0 Å². The third-order valence-electron chi connectivity index (χ3n) is 14.3. The van der Waals surface area contributed by atoms with Crippen molar-refractivity contribution in [3.05, 3.63) is 254 Å². The summed E-state index contributed by atoms with van der Waals surface area (Å²) in [6.07, 6.45) is 11.3. The monoisotopic (exact) mass is 942 g/mol. The summed E-state index contributed by atoms with van der Waals surface area (Å²) in [5.41, 5.74) is 3.72. The summed E-state index contributed by atoms with van der Waals surface area (Å²) in [7, 11) is -2.58. The van der Waals surface area contributed by atoms with Gasteiger partial charge in [0.2, 0.25) is 0 Å². The minimum atomic E-state index is -0.649. The topological polar surface area (TPSA) is 0 Å². The van der Waals surface area contributed by atoms with Crippen LogP contribution in [0.5, 0.6) is 0 Å². The highest BCUT2D eigenvalue weighted by molar-refractivity contribution is 7.74. The SMILES string of the molecule is c1ccc(P(C[C@@H]2[C@H](CP(c3ccccc3)c3ccccc3)[C@H](CP(c3ccccc3)c3ccccc3)C(=C3CCCCC3)[C@@H]2CP(c2ccccc2)c2ccccc2)c2ccccc2)cc1. The van der Waals surface area contributed by atoms with Gasteiger partial charge in [0, 0.05) is 0 Å². The van der Waals surface area contributed by atoms with Crippen LogP contribution < -0.4 is 42.4 Å². The molecular weight excluding hydrogens is 881 g/mol. The fraction of sp³-hybridized carbons (Fsp3) is 0.206. The van der Waals surface area contributed by atoms with E-state index in [1.54, 1.807) is 0 Å². The Balaban J connectivity index is 1.22. The van der Waals surface area contributed by atoms with Gasteiger partial charge >= 0.3 is 0 Å². The van der Waals surface area contributed by atoms with E-state index in [-0.39, 0.29) is 0 Å². The van der Waals surface area contributed by atoms with Crippen molar-refractivity contribution in [3.63, 3.8) is 0 Å². The summed E-state index contributed by atoms with van der Waals surface area (Å²) in [6.45, 7) is 0. The molecule has 2 aliphatic rings. The zero-order chi connectivity index (χ0) is 45.0. The summed E-state index contributed by atoms with van der Waals surface area (Å²) < 4.78 is 0. The van der Waals surface area contributed by atoms with Crippen molar-refractivity contribution in [1.29, 1.82) is 0 Å². The molecule has 0 spiro atoms. The van der Waals surface area contributed by atoms with E-state index in [1.165, 1.54) is 99.2 Å². The van der Waals surface area contributed by atoms with Crippen LogP contribution in [-0.4, -0.2) is 24.6 Å². The normalized spacial score (nSPS) is 18.6. The molecule has 0 unspecified atom stereocenters. The zero-order valence-corrected chi connectivity index (χ0v) is 42.1. The molecule has 0 N–H and O–H groups in total. The smallest absolute Gasteiger partial charge is 0.0117 e. The van der Waals surface area contributed by atoms with Crippen LogP contribution in [-0.2, 0) is 0 Å². The Morgan fingerprint density at radius 3 is 0.687 bits per heavy atom. The number of rotatable bonds is 16. The average Bonchev–Trinajstić information content (AvgIpc) is 3.70. The van der Waals surface area contributed by atoms with Crippen molar-refractivity contribution in [2.45, 2.75) is 32.1 Å². The van der Waals surface area contributed by atoms with Gasteiger partial charge in [-0.25, -0.2) is 0 Å². The van der Waals surface area contributed by atoms with Gasteiger partial charge in [0.1, 0.15) is 0 Å². The summed E-state index contributed by atoms with van der Waals surface area (Å²) in [5, 5.41) is 12.1. The van der Waals surface area contributed by atoms with E-state index in [0.717, 1.165) is 0 Å². The summed E-state index contributed by atoms with van der Waals surface area (Å²) in [5.74, 6) is 1.94. The molecule has 334 valence electrons. The van der Waals surface area contributed by atoms with E-state index in [1.807, 2.05) is 11.1 Å². The molecule has 4 atom stereocenters. The molecule has 2 fully saturated rings. The van der Waals surface area contributed by atoms with Crippen LogP contribution in [0.2, 0.25) is 0 Å². The quantitative estimate of drug-likeness (QED) is 0.0669. The predicted octanol–water partition coefficient (Wildman–Crippen LogP) is 13.3. The fourth-order valence-corrected chi connectivity index (χ4v) is 22.0. The van der Waals surface area contributed by atoms with Crippen LogP contribution in [0.1, 0.15) is 32.1 Å². The Morgan fingerprint density at radius 2 is 0.463 bits per heavy atom. The third-order valence-corrected chi connectivity index (χ3v) is 24.8. The Hall–Kier alpha value is -4.78. The van der Waals surface area contributed by atoms with Gasteiger partial charge in [-0.15, -0.1) is 0 Å². The van der Waals surface area contributed by atoms with E-state index in [2.05, 4.69) is 243 Å². The molecule has 67 heavy (non-hydrogen) atoms. The van der Waals surface area contributed by atoms with Crippen LogP contribution in [0.15, 0.2) is 254 Å². The first-order valence-electron chi connectivity index (χ1n) is 24.5. The molecule has 2 saturated carbocycles. The first-order valence-corrected chi connectivity index (χ1v) is 30.6. The Bertz CT molecular complexity index is 2390. The minimum absolute atomic E-state index is 0.471. The molecule has 0 bridgehead atoms. The molecule has 0 amide bonds. The van der Waals surface area contributed by atoms with Gasteiger partial charge in [-0.2, -0.15) is 0 Å². The Morgan fingerprint density at radius 1 is 0.254 bits per heavy atom. The highest BCUT2D eigenvalue weighted by Crippen LogP contribution is 2.61. The van der Waals surface area contributed by atoms with Crippen LogP contribution in [0, 0.1) is 23.7 Å². The molecular formula is C63H62P4. The van der Waals surface area contributed by atoms with Gasteiger partial charge in [0.15, 0.2) is 0 Å². The van der Waals surface area contributed by atoms with Crippen LogP contribution in [0.25, 0.3) is 0 Å². The van der Waals surface area contributed by atoms with Gasteiger partial charge < -0.3 is 0 Å². The molecule has 2 aliphatic carbocycles. The standard InChI is InChI=1S/C63H62P4/c1-10-28-50(29-11-1)63-61(48-66(55-38-20-6-21-39-55)56-40-22-7-23-41-56)59(46-64(51-30-12-2-13-31-51)52-32-14-3-15-33-52)60(47-65(53-34-16-4-17-35-53)54-36-18-5-19-37-54)62(63)49-67(57-42-24-8-25-43-57)58-44-26-9-27-45-58/h2-9,12-27,30-45,59-62H,1,10-11,28-29,46-49H2/t59-,60+,61-,62+. The largest absolute Gasteiger partial charge is 0.0704 e. The summed E-state index contributed by atoms with van der Waals surface area (Å²) >= 11 is 0. The van der Waals surface area contributed by atoms with Crippen LogP contribution in [0.4, 0.5) is 0 Å². The van der Waals surface area contributed by atoms with E-state index < -0.39 is 31.7 Å². The van der Waals surface area contributed by atoms with E-state index in [9.17, 15) is 0 Å². The van der Waals surface area contributed by atoms with E-state index in [0.29, 0.717) is 23.7 Å². The lowest BCUT2D eigenvalue weighted by Crippen LogP contribution is -2.32. The average molecular weight is 943 g/mol. The second kappa shape index (κ2) is 23.0. The second-order valence-electron chi connectivity index (χ2n) is 18.3. The number of hydrogen-bond donors (Lipinski definition) is 0. The molecule has 8 aromatic carbocycles.